The first-order valence-electron chi connectivity index (χ1n) is 5.40. The zero-order valence-corrected chi connectivity index (χ0v) is 9.51. The zero-order valence-electron chi connectivity index (χ0n) is 9.51. The lowest BCUT2D eigenvalue weighted by molar-refractivity contribution is -0.132. The molecule has 13 heavy (non-hydrogen) atoms. The molecular weight excluding hydrogens is 164 g/mol. The van der Waals surface area contributed by atoms with E-state index in [1.807, 2.05) is 6.92 Å². The molecule has 2 nitrogen and oxygen atoms in total. The lowest BCUT2D eigenvalue weighted by Crippen LogP contribution is -2.15. The minimum atomic E-state index is -0.0368. The highest BCUT2D eigenvalue weighted by atomic mass is 16.7. The van der Waals surface area contributed by atoms with Crippen LogP contribution in [0.2, 0.25) is 0 Å². The Hall–Kier alpha value is -0.0800. The molecule has 0 aliphatic heterocycles. The van der Waals surface area contributed by atoms with E-state index in [0.717, 1.165) is 26.1 Å². The molecule has 2 heteroatoms. The second kappa shape index (κ2) is 8.52. The van der Waals surface area contributed by atoms with Crippen molar-refractivity contribution in [3.8, 4) is 0 Å². The molecule has 0 N–H and O–H groups in total. The summed E-state index contributed by atoms with van der Waals surface area (Å²) < 4.78 is 10.9. The van der Waals surface area contributed by atoms with Crippen molar-refractivity contribution in [2.24, 2.45) is 5.92 Å². The van der Waals surface area contributed by atoms with Crippen molar-refractivity contribution in [1.82, 2.24) is 0 Å². The van der Waals surface area contributed by atoms with Gasteiger partial charge in [0.05, 0.1) is 0 Å². The van der Waals surface area contributed by atoms with Gasteiger partial charge in [-0.15, -0.1) is 0 Å². The Morgan fingerprint density at radius 1 is 1.00 bits per heavy atom. The van der Waals surface area contributed by atoms with Crippen molar-refractivity contribution in [3.05, 3.63) is 0 Å². The van der Waals surface area contributed by atoms with Crippen LogP contribution in [0.25, 0.3) is 0 Å². The van der Waals surface area contributed by atoms with Crippen LogP contribution >= 0.6 is 0 Å². The number of hydrogen-bond acceptors (Lipinski definition) is 2. The molecule has 0 fully saturated rings. The summed E-state index contributed by atoms with van der Waals surface area (Å²) in [5.74, 6) is 0.711. The van der Waals surface area contributed by atoms with Crippen molar-refractivity contribution < 1.29 is 9.47 Å². The number of unbranched alkanes of at least 4 members (excludes halogenated alkanes) is 1. The van der Waals surface area contributed by atoms with Crippen molar-refractivity contribution in [1.29, 1.82) is 0 Å². The van der Waals surface area contributed by atoms with Gasteiger partial charge in [-0.3, -0.25) is 0 Å². The fourth-order valence-corrected chi connectivity index (χ4v) is 0.911. The second-order valence-corrected chi connectivity index (χ2v) is 3.85. The fourth-order valence-electron chi connectivity index (χ4n) is 0.911. The van der Waals surface area contributed by atoms with Gasteiger partial charge >= 0.3 is 0 Å². The molecule has 80 valence electrons. The molecule has 0 radical (unpaired) electrons. The van der Waals surface area contributed by atoms with Crippen molar-refractivity contribution >= 4 is 0 Å². The lowest BCUT2D eigenvalue weighted by atomic mass is 10.1. The van der Waals surface area contributed by atoms with Gasteiger partial charge < -0.3 is 9.47 Å². The van der Waals surface area contributed by atoms with E-state index in [0.29, 0.717) is 5.92 Å². The third-order valence-corrected chi connectivity index (χ3v) is 1.90. The Labute approximate surface area is 82.6 Å². The van der Waals surface area contributed by atoms with E-state index >= 15 is 0 Å². The highest BCUT2D eigenvalue weighted by Crippen LogP contribution is 2.02. The molecule has 0 spiro atoms. The van der Waals surface area contributed by atoms with Crippen LogP contribution in [0, 0.1) is 5.92 Å². The van der Waals surface area contributed by atoms with Crippen LogP contribution in [-0.4, -0.2) is 19.5 Å². The third-order valence-electron chi connectivity index (χ3n) is 1.90. The Morgan fingerprint density at radius 2 is 1.62 bits per heavy atom. The van der Waals surface area contributed by atoms with E-state index in [2.05, 4.69) is 20.8 Å². The van der Waals surface area contributed by atoms with Crippen LogP contribution in [0.5, 0.6) is 0 Å². The summed E-state index contributed by atoms with van der Waals surface area (Å²) in [5, 5.41) is 0. The molecular formula is C11H24O2. The Morgan fingerprint density at radius 3 is 2.15 bits per heavy atom. The first-order chi connectivity index (χ1) is 6.16. The summed E-state index contributed by atoms with van der Waals surface area (Å²) in [7, 11) is 0. The first-order valence-corrected chi connectivity index (χ1v) is 5.40. The van der Waals surface area contributed by atoms with Crippen LogP contribution < -0.4 is 0 Å². The van der Waals surface area contributed by atoms with Crippen LogP contribution in [0.15, 0.2) is 0 Å². The monoisotopic (exact) mass is 188 g/mol. The van der Waals surface area contributed by atoms with Gasteiger partial charge in [0.15, 0.2) is 6.29 Å². The maximum absolute atomic E-state index is 5.48. The number of hydrogen-bond donors (Lipinski definition) is 0. The summed E-state index contributed by atoms with van der Waals surface area (Å²) in [6, 6.07) is 0. The van der Waals surface area contributed by atoms with Crippen molar-refractivity contribution in [2.75, 3.05) is 13.2 Å². The Bertz CT molecular complexity index is 102. The average molecular weight is 188 g/mol. The molecule has 0 saturated carbocycles. The van der Waals surface area contributed by atoms with Gasteiger partial charge in [-0.25, -0.2) is 0 Å². The summed E-state index contributed by atoms with van der Waals surface area (Å²) in [6.45, 7) is 10.2. The van der Waals surface area contributed by atoms with E-state index in [1.54, 1.807) is 0 Å². The standard InChI is InChI=1S/C11H24O2/c1-5-6-8-12-11(4)13-9-7-10(2)3/h10-11H,5-9H2,1-4H3. The fraction of sp³-hybridized carbons (Fsp3) is 1.00. The highest BCUT2D eigenvalue weighted by molar-refractivity contribution is 4.43. The van der Waals surface area contributed by atoms with E-state index in [-0.39, 0.29) is 6.29 Å². The van der Waals surface area contributed by atoms with Crippen LogP contribution in [0.4, 0.5) is 0 Å². The topological polar surface area (TPSA) is 18.5 Å². The van der Waals surface area contributed by atoms with Gasteiger partial charge in [-0.1, -0.05) is 27.2 Å². The predicted molar refractivity (Wildman–Crippen MR) is 55.7 cm³/mol. The number of ether oxygens (including phenoxy) is 2. The number of rotatable bonds is 8. The van der Waals surface area contributed by atoms with E-state index in [4.69, 9.17) is 9.47 Å². The highest BCUT2D eigenvalue weighted by Gasteiger charge is 2.01. The molecule has 0 aliphatic rings. The van der Waals surface area contributed by atoms with Gasteiger partial charge in [-0.2, -0.15) is 0 Å². The van der Waals surface area contributed by atoms with Gasteiger partial charge in [-0.05, 0) is 25.7 Å². The minimum absolute atomic E-state index is 0.0368. The quantitative estimate of drug-likeness (QED) is 0.430. The lowest BCUT2D eigenvalue weighted by Gasteiger charge is -2.14. The zero-order chi connectivity index (χ0) is 10.1. The second-order valence-electron chi connectivity index (χ2n) is 3.85. The van der Waals surface area contributed by atoms with E-state index in [9.17, 15) is 0 Å². The molecule has 0 heterocycles. The molecule has 0 aromatic carbocycles. The Balaban J connectivity index is 3.15. The smallest absolute Gasteiger partial charge is 0.154 e. The molecule has 0 amide bonds. The summed E-state index contributed by atoms with van der Waals surface area (Å²) >= 11 is 0. The summed E-state index contributed by atoms with van der Waals surface area (Å²) in [6.07, 6.45) is 3.38. The molecule has 0 aromatic rings. The van der Waals surface area contributed by atoms with Gasteiger partial charge in [0.25, 0.3) is 0 Å². The molecule has 0 saturated heterocycles. The average Bonchev–Trinajstić information content (AvgIpc) is 2.04. The molecule has 0 bridgehead atoms. The SMILES string of the molecule is CCCCOC(C)OCCC(C)C. The van der Waals surface area contributed by atoms with Crippen LogP contribution in [0.1, 0.15) is 47.0 Å². The first kappa shape index (κ1) is 12.9. The van der Waals surface area contributed by atoms with Crippen molar-refractivity contribution in [3.63, 3.8) is 0 Å². The maximum Gasteiger partial charge on any atom is 0.154 e. The Kier molecular flexibility index (Phi) is 8.46. The molecule has 1 unspecified atom stereocenters. The summed E-state index contributed by atoms with van der Waals surface area (Å²) in [4.78, 5) is 0. The molecule has 0 aromatic heterocycles. The van der Waals surface area contributed by atoms with Gasteiger partial charge in [0.1, 0.15) is 0 Å². The van der Waals surface area contributed by atoms with Crippen LogP contribution in [-0.2, 0) is 9.47 Å². The maximum atomic E-state index is 5.48. The third kappa shape index (κ3) is 9.84. The molecule has 0 aliphatic carbocycles. The van der Waals surface area contributed by atoms with Crippen LogP contribution in [0.3, 0.4) is 0 Å². The largest absolute Gasteiger partial charge is 0.353 e. The molecule has 0 rings (SSSR count). The predicted octanol–water partition coefficient (Wildman–Crippen LogP) is 3.21. The molecule has 1 atom stereocenters. The normalized spacial score (nSPS) is 13.6. The van der Waals surface area contributed by atoms with E-state index in [1.165, 1.54) is 6.42 Å². The minimum Gasteiger partial charge on any atom is -0.353 e. The van der Waals surface area contributed by atoms with Gasteiger partial charge in [0.2, 0.25) is 0 Å². The van der Waals surface area contributed by atoms with E-state index < -0.39 is 0 Å². The summed E-state index contributed by atoms with van der Waals surface area (Å²) in [5.41, 5.74) is 0. The van der Waals surface area contributed by atoms with Crippen molar-refractivity contribution in [2.45, 2.75) is 53.2 Å². The van der Waals surface area contributed by atoms with Gasteiger partial charge in [0, 0.05) is 13.2 Å².